The van der Waals surface area contributed by atoms with E-state index in [1.165, 1.54) is 0 Å². The first-order chi connectivity index (χ1) is 15.0. The van der Waals surface area contributed by atoms with Gasteiger partial charge in [0, 0.05) is 23.7 Å². The lowest BCUT2D eigenvalue weighted by atomic mass is 10.0. The Kier molecular flexibility index (Phi) is 5.95. The monoisotopic (exact) mass is 414 g/mol. The molecule has 3 N–H and O–H groups in total. The molecule has 2 aromatic carbocycles. The van der Waals surface area contributed by atoms with E-state index in [2.05, 4.69) is 45.3 Å². The quantitative estimate of drug-likeness (QED) is 0.470. The number of pyridine rings is 1. The van der Waals surface area contributed by atoms with Gasteiger partial charge in [-0.2, -0.15) is 4.98 Å². The molecule has 2 aromatic heterocycles. The number of likely N-dealkylation sites (N-methyl/N-ethyl adjacent to an activating group) is 1. The lowest BCUT2D eigenvalue weighted by molar-refractivity contribution is 0.392. The summed E-state index contributed by atoms with van der Waals surface area (Å²) in [6, 6.07) is 16.2. The standard InChI is InChI=1S/C24H26N6O/c1-30(2)11-10-18-12-16(8-9-22(18)31-3)20-15-27-24(25)29-23(20)28-19-13-17-6-4-5-7-21(17)26-14-19/h4-9,12-15H,10-11H2,1-3H3,(H3,25,27,28,29). The molecule has 0 amide bonds. The van der Waals surface area contributed by atoms with Crippen LogP contribution in [0.4, 0.5) is 17.5 Å². The smallest absolute Gasteiger partial charge is 0.221 e. The number of nitrogens with one attached hydrogen (secondary N) is 1. The molecule has 0 unspecified atom stereocenters. The van der Waals surface area contributed by atoms with Gasteiger partial charge in [-0.05, 0) is 55.9 Å². The average Bonchev–Trinajstić information content (AvgIpc) is 2.77. The van der Waals surface area contributed by atoms with Crippen molar-refractivity contribution in [2.24, 2.45) is 0 Å². The maximum atomic E-state index is 5.90. The number of methoxy groups -OCH3 is 1. The molecule has 0 fully saturated rings. The lowest BCUT2D eigenvalue weighted by Gasteiger charge is -2.16. The van der Waals surface area contributed by atoms with Gasteiger partial charge in [-0.3, -0.25) is 4.98 Å². The summed E-state index contributed by atoms with van der Waals surface area (Å²) in [6.07, 6.45) is 4.41. The minimum atomic E-state index is 0.210. The number of aromatic nitrogens is 3. The molecule has 0 radical (unpaired) electrons. The van der Waals surface area contributed by atoms with Crippen molar-refractivity contribution in [1.82, 2.24) is 19.9 Å². The van der Waals surface area contributed by atoms with Crippen molar-refractivity contribution >= 4 is 28.4 Å². The highest BCUT2D eigenvalue weighted by Gasteiger charge is 2.13. The Bertz CT molecular complexity index is 1210. The molecule has 158 valence electrons. The van der Waals surface area contributed by atoms with Crippen LogP contribution in [0.15, 0.2) is 60.9 Å². The van der Waals surface area contributed by atoms with Gasteiger partial charge >= 0.3 is 0 Å². The van der Waals surface area contributed by atoms with Crippen molar-refractivity contribution in [1.29, 1.82) is 0 Å². The van der Waals surface area contributed by atoms with Crippen molar-refractivity contribution in [2.75, 3.05) is 38.8 Å². The number of nitrogen functional groups attached to an aromatic ring is 1. The second-order valence-electron chi connectivity index (χ2n) is 7.61. The van der Waals surface area contributed by atoms with Crippen LogP contribution in [-0.4, -0.2) is 47.6 Å². The van der Waals surface area contributed by atoms with Crippen LogP contribution >= 0.6 is 0 Å². The van der Waals surface area contributed by atoms with Gasteiger partial charge < -0.3 is 20.7 Å². The first-order valence-electron chi connectivity index (χ1n) is 10.1. The first-order valence-corrected chi connectivity index (χ1v) is 10.1. The SMILES string of the molecule is COc1ccc(-c2cnc(N)nc2Nc2cnc3ccccc3c2)cc1CCN(C)C. The van der Waals surface area contributed by atoms with Gasteiger partial charge in [-0.1, -0.05) is 24.3 Å². The van der Waals surface area contributed by atoms with Crippen LogP contribution in [0.1, 0.15) is 5.56 Å². The van der Waals surface area contributed by atoms with Gasteiger partial charge in [0.05, 0.1) is 24.5 Å². The number of benzene rings is 2. The number of fused-ring (bicyclic) bond motifs is 1. The molecule has 7 heteroatoms. The zero-order valence-corrected chi connectivity index (χ0v) is 18.0. The number of rotatable bonds is 7. The Balaban J connectivity index is 1.71. The molecule has 2 heterocycles. The zero-order valence-electron chi connectivity index (χ0n) is 18.0. The molecule has 0 atom stereocenters. The minimum Gasteiger partial charge on any atom is -0.496 e. The summed E-state index contributed by atoms with van der Waals surface area (Å²) in [5, 5.41) is 4.42. The van der Waals surface area contributed by atoms with Gasteiger partial charge in [0.25, 0.3) is 0 Å². The Morgan fingerprint density at radius 1 is 1.03 bits per heavy atom. The maximum absolute atomic E-state index is 5.90. The van der Waals surface area contributed by atoms with Gasteiger partial charge in [-0.25, -0.2) is 4.98 Å². The Morgan fingerprint density at radius 2 is 1.87 bits per heavy atom. The number of anilines is 3. The third-order valence-electron chi connectivity index (χ3n) is 5.08. The summed E-state index contributed by atoms with van der Waals surface area (Å²) in [7, 11) is 5.81. The van der Waals surface area contributed by atoms with Crippen LogP contribution in [0.3, 0.4) is 0 Å². The maximum Gasteiger partial charge on any atom is 0.221 e. The molecule has 4 aromatic rings. The van der Waals surface area contributed by atoms with Gasteiger partial charge in [0.1, 0.15) is 11.6 Å². The van der Waals surface area contributed by atoms with Crippen molar-refractivity contribution in [3.63, 3.8) is 0 Å². The van der Waals surface area contributed by atoms with Crippen LogP contribution in [0, 0.1) is 0 Å². The summed E-state index contributed by atoms with van der Waals surface area (Å²) < 4.78 is 5.56. The summed E-state index contributed by atoms with van der Waals surface area (Å²) in [5.41, 5.74) is 10.7. The van der Waals surface area contributed by atoms with E-state index in [-0.39, 0.29) is 5.95 Å². The lowest BCUT2D eigenvalue weighted by Crippen LogP contribution is -2.15. The molecule has 0 aliphatic carbocycles. The second kappa shape index (κ2) is 8.97. The van der Waals surface area contributed by atoms with Crippen molar-refractivity contribution in [2.45, 2.75) is 6.42 Å². The fourth-order valence-electron chi connectivity index (χ4n) is 3.46. The molecule has 0 saturated heterocycles. The van der Waals surface area contributed by atoms with E-state index in [4.69, 9.17) is 10.5 Å². The minimum absolute atomic E-state index is 0.210. The highest BCUT2D eigenvalue weighted by Crippen LogP contribution is 2.32. The van der Waals surface area contributed by atoms with E-state index in [1.807, 2.05) is 42.5 Å². The molecule has 4 rings (SSSR count). The average molecular weight is 415 g/mol. The summed E-state index contributed by atoms with van der Waals surface area (Å²) >= 11 is 0. The van der Waals surface area contributed by atoms with E-state index in [9.17, 15) is 0 Å². The van der Waals surface area contributed by atoms with E-state index in [0.717, 1.165) is 52.0 Å². The Labute approximate surface area is 181 Å². The van der Waals surface area contributed by atoms with E-state index < -0.39 is 0 Å². The van der Waals surface area contributed by atoms with Crippen LogP contribution in [0.25, 0.3) is 22.0 Å². The highest BCUT2D eigenvalue weighted by atomic mass is 16.5. The van der Waals surface area contributed by atoms with E-state index in [0.29, 0.717) is 5.82 Å². The number of nitrogens with two attached hydrogens (primary N) is 1. The van der Waals surface area contributed by atoms with Crippen molar-refractivity contribution < 1.29 is 4.74 Å². The fourth-order valence-corrected chi connectivity index (χ4v) is 3.46. The fraction of sp³-hybridized carbons (Fsp3) is 0.208. The molecule has 0 bridgehead atoms. The predicted octanol–water partition coefficient (Wildman–Crippen LogP) is 4.13. The van der Waals surface area contributed by atoms with E-state index >= 15 is 0 Å². The van der Waals surface area contributed by atoms with Gasteiger partial charge in [0.2, 0.25) is 5.95 Å². The summed E-state index contributed by atoms with van der Waals surface area (Å²) in [6.45, 7) is 0.923. The zero-order chi connectivity index (χ0) is 21.8. The predicted molar refractivity (Wildman–Crippen MR) is 126 cm³/mol. The van der Waals surface area contributed by atoms with Crippen LogP contribution in [-0.2, 0) is 6.42 Å². The van der Waals surface area contributed by atoms with Gasteiger partial charge in [-0.15, -0.1) is 0 Å². The summed E-state index contributed by atoms with van der Waals surface area (Å²) in [4.78, 5) is 15.4. The molecule has 0 spiro atoms. The second-order valence-corrected chi connectivity index (χ2v) is 7.61. The molecular weight excluding hydrogens is 388 g/mol. The Hall–Kier alpha value is -3.71. The first kappa shape index (κ1) is 20.6. The number of para-hydroxylation sites is 1. The molecule has 0 saturated carbocycles. The normalized spacial score (nSPS) is 11.1. The largest absolute Gasteiger partial charge is 0.496 e. The van der Waals surface area contributed by atoms with E-state index in [1.54, 1.807) is 19.5 Å². The highest BCUT2D eigenvalue weighted by molar-refractivity contribution is 5.84. The van der Waals surface area contributed by atoms with Crippen LogP contribution in [0.2, 0.25) is 0 Å². The topological polar surface area (TPSA) is 89.2 Å². The number of hydrogen-bond acceptors (Lipinski definition) is 7. The molecule has 7 nitrogen and oxygen atoms in total. The number of nitrogens with zero attached hydrogens (tertiary/aromatic N) is 4. The molecule has 31 heavy (non-hydrogen) atoms. The van der Waals surface area contributed by atoms with Gasteiger partial charge in [0.15, 0.2) is 0 Å². The summed E-state index contributed by atoms with van der Waals surface area (Å²) in [5.74, 6) is 1.71. The van der Waals surface area contributed by atoms with Crippen molar-refractivity contribution in [3.8, 4) is 16.9 Å². The molecule has 0 aliphatic rings. The number of ether oxygens (including phenoxy) is 1. The van der Waals surface area contributed by atoms with Crippen LogP contribution < -0.4 is 15.8 Å². The molecule has 0 aliphatic heterocycles. The molecular formula is C24H26N6O. The Morgan fingerprint density at radius 3 is 2.68 bits per heavy atom. The van der Waals surface area contributed by atoms with Crippen molar-refractivity contribution in [3.05, 3.63) is 66.5 Å². The third kappa shape index (κ3) is 4.73. The third-order valence-corrected chi connectivity index (χ3v) is 5.08. The number of hydrogen-bond donors (Lipinski definition) is 2. The van der Waals surface area contributed by atoms with Crippen LogP contribution in [0.5, 0.6) is 5.75 Å².